The average molecular weight is 390 g/mol. The Labute approximate surface area is 164 Å². The van der Waals surface area contributed by atoms with Gasteiger partial charge in [-0.05, 0) is 35.9 Å². The smallest absolute Gasteiger partial charge is 0.0939 e. The van der Waals surface area contributed by atoms with Gasteiger partial charge in [-0.2, -0.15) is 5.10 Å². The average Bonchev–Trinajstić information content (AvgIpc) is 3.11. The molecule has 1 atom stereocenters. The van der Waals surface area contributed by atoms with Crippen molar-refractivity contribution in [1.29, 1.82) is 0 Å². The molecular weight excluding hydrogens is 369 g/mol. The Bertz CT molecular complexity index is 837. The zero-order chi connectivity index (χ0) is 17.1. The van der Waals surface area contributed by atoms with Crippen LogP contribution in [0.3, 0.4) is 0 Å². The number of halogens is 2. The van der Waals surface area contributed by atoms with E-state index in [1.807, 2.05) is 30.5 Å². The summed E-state index contributed by atoms with van der Waals surface area (Å²) < 4.78 is 0. The van der Waals surface area contributed by atoms with E-state index in [0.717, 1.165) is 48.2 Å². The number of piperazine rings is 1. The number of H-pyrrole nitrogens is 1. The predicted molar refractivity (Wildman–Crippen MR) is 107 cm³/mol. The number of pyridine rings is 1. The molecule has 0 bridgehead atoms. The highest BCUT2D eigenvalue weighted by Crippen LogP contribution is 2.26. The molecule has 3 heterocycles. The summed E-state index contributed by atoms with van der Waals surface area (Å²) in [5.41, 5.74) is 4.30. The van der Waals surface area contributed by atoms with E-state index >= 15 is 0 Å². The van der Waals surface area contributed by atoms with Crippen molar-refractivity contribution in [2.24, 2.45) is 0 Å². The molecule has 1 aliphatic rings. The highest BCUT2D eigenvalue weighted by molar-refractivity contribution is 6.30. The minimum atomic E-state index is 0. The second-order valence-electron chi connectivity index (χ2n) is 6.27. The second kappa shape index (κ2) is 8.64. The minimum absolute atomic E-state index is 0. The van der Waals surface area contributed by atoms with Gasteiger partial charge in [-0.1, -0.05) is 23.7 Å². The van der Waals surface area contributed by atoms with E-state index < -0.39 is 0 Å². The monoisotopic (exact) mass is 389 g/mol. The molecule has 0 radical (unpaired) electrons. The SMILES string of the molecule is Cl.Clc1cccc(C2CNCCN2Cc2cc(-c3cccnc3)n[nH]2)c1. The van der Waals surface area contributed by atoms with Gasteiger partial charge in [0, 0.05) is 60.9 Å². The first-order valence-electron chi connectivity index (χ1n) is 8.44. The largest absolute Gasteiger partial charge is 0.314 e. The van der Waals surface area contributed by atoms with Crippen LogP contribution >= 0.6 is 24.0 Å². The highest BCUT2D eigenvalue weighted by Gasteiger charge is 2.24. The molecule has 1 unspecified atom stereocenters. The molecule has 0 saturated carbocycles. The van der Waals surface area contributed by atoms with E-state index in [9.17, 15) is 0 Å². The van der Waals surface area contributed by atoms with Crippen molar-refractivity contribution < 1.29 is 0 Å². The fourth-order valence-electron chi connectivity index (χ4n) is 3.30. The Morgan fingerprint density at radius 1 is 1.19 bits per heavy atom. The van der Waals surface area contributed by atoms with Gasteiger partial charge in [0.15, 0.2) is 0 Å². The van der Waals surface area contributed by atoms with Gasteiger partial charge in [0.1, 0.15) is 0 Å². The first kappa shape index (κ1) is 18.9. The van der Waals surface area contributed by atoms with E-state index in [0.29, 0.717) is 6.04 Å². The molecule has 0 aliphatic carbocycles. The van der Waals surface area contributed by atoms with Crippen molar-refractivity contribution in [2.75, 3.05) is 19.6 Å². The van der Waals surface area contributed by atoms with Crippen molar-refractivity contribution in [3.05, 3.63) is 71.1 Å². The first-order chi connectivity index (χ1) is 12.3. The van der Waals surface area contributed by atoms with E-state index in [-0.39, 0.29) is 12.4 Å². The van der Waals surface area contributed by atoms with Crippen molar-refractivity contribution in [2.45, 2.75) is 12.6 Å². The molecule has 26 heavy (non-hydrogen) atoms. The van der Waals surface area contributed by atoms with Gasteiger partial charge in [0.05, 0.1) is 5.69 Å². The Morgan fingerprint density at radius 2 is 2.12 bits per heavy atom. The molecule has 3 aromatic rings. The third-order valence-corrected chi connectivity index (χ3v) is 4.78. The molecule has 1 aromatic carbocycles. The number of nitrogens with one attached hydrogen (secondary N) is 2. The molecule has 5 nitrogen and oxygen atoms in total. The summed E-state index contributed by atoms with van der Waals surface area (Å²) in [6, 6.07) is 14.5. The fourth-order valence-corrected chi connectivity index (χ4v) is 3.50. The zero-order valence-electron chi connectivity index (χ0n) is 14.2. The number of nitrogens with zero attached hydrogens (tertiary/aromatic N) is 3. The molecule has 0 spiro atoms. The maximum atomic E-state index is 6.18. The van der Waals surface area contributed by atoms with Crippen LogP contribution in [0.4, 0.5) is 0 Å². The maximum absolute atomic E-state index is 6.18. The van der Waals surface area contributed by atoms with Crippen LogP contribution in [0.15, 0.2) is 54.9 Å². The quantitative estimate of drug-likeness (QED) is 0.714. The van der Waals surface area contributed by atoms with Gasteiger partial charge in [-0.15, -0.1) is 12.4 Å². The van der Waals surface area contributed by atoms with E-state index in [1.54, 1.807) is 6.20 Å². The Morgan fingerprint density at radius 3 is 2.92 bits per heavy atom. The second-order valence-corrected chi connectivity index (χ2v) is 6.70. The number of aromatic amines is 1. The lowest BCUT2D eigenvalue weighted by molar-refractivity contribution is 0.152. The van der Waals surface area contributed by atoms with Gasteiger partial charge in [0.2, 0.25) is 0 Å². The predicted octanol–water partition coefficient (Wildman–Crippen LogP) is 3.69. The maximum Gasteiger partial charge on any atom is 0.0939 e. The van der Waals surface area contributed by atoms with Gasteiger partial charge in [-0.3, -0.25) is 15.0 Å². The van der Waals surface area contributed by atoms with Crippen LogP contribution in [0.25, 0.3) is 11.3 Å². The lowest BCUT2D eigenvalue weighted by atomic mass is 10.0. The number of benzene rings is 1. The van der Waals surface area contributed by atoms with Gasteiger partial charge in [0.25, 0.3) is 0 Å². The third kappa shape index (κ3) is 4.24. The number of aromatic nitrogens is 3. The van der Waals surface area contributed by atoms with Gasteiger partial charge < -0.3 is 5.32 Å². The van der Waals surface area contributed by atoms with Crippen molar-refractivity contribution >= 4 is 24.0 Å². The number of hydrogen-bond donors (Lipinski definition) is 2. The summed E-state index contributed by atoms with van der Waals surface area (Å²) in [6.07, 6.45) is 3.60. The Kier molecular flexibility index (Phi) is 6.27. The summed E-state index contributed by atoms with van der Waals surface area (Å²) in [5.74, 6) is 0. The van der Waals surface area contributed by atoms with Gasteiger partial charge >= 0.3 is 0 Å². The highest BCUT2D eigenvalue weighted by atomic mass is 35.5. The van der Waals surface area contributed by atoms with Crippen molar-refractivity contribution in [1.82, 2.24) is 25.4 Å². The molecule has 136 valence electrons. The molecule has 2 N–H and O–H groups in total. The van der Waals surface area contributed by atoms with Crippen LogP contribution in [0, 0.1) is 0 Å². The lowest BCUT2D eigenvalue weighted by Crippen LogP contribution is -2.45. The van der Waals surface area contributed by atoms with E-state index in [4.69, 9.17) is 11.6 Å². The molecule has 1 fully saturated rings. The van der Waals surface area contributed by atoms with Crippen molar-refractivity contribution in [3.8, 4) is 11.3 Å². The van der Waals surface area contributed by atoms with Gasteiger partial charge in [-0.25, -0.2) is 0 Å². The summed E-state index contributed by atoms with van der Waals surface area (Å²) >= 11 is 6.18. The van der Waals surface area contributed by atoms with E-state index in [1.165, 1.54) is 5.56 Å². The molecule has 7 heteroatoms. The molecule has 4 rings (SSSR count). The van der Waals surface area contributed by atoms with Crippen LogP contribution in [0.1, 0.15) is 17.3 Å². The standard InChI is InChI=1S/C19H20ClN5.ClH/c20-16-5-1-3-14(9-16)19-12-22-7-8-25(19)13-17-10-18(24-23-17)15-4-2-6-21-11-15;/h1-6,9-11,19,22H,7-8,12-13H2,(H,23,24);1H. The van der Waals surface area contributed by atoms with Crippen molar-refractivity contribution in [3.63, 3.8) is 0 Å². The summed E-state index contributed by atoms with van der Waals surface area (Å²) in [6.45, 7) is 3.72. The first-order valence-corrected chi connectivity index (χ1v) is 8.82. The summed E-state index contributed by atoms with van der Waals surface area (Å²) in [7, 11) is 0. The van der Waals surface area contributed by atoms with Crippen LogP contribution in [0.5, 0.6) is 0 Å². The van der Waals surface area contributed by atoms with Crippen LogP contribution in [-0.4, -0.2) is 39.7 Å². The number of hydrogen-bond acceptors (Lipinski definition) is 4. The summed E-state index contributed by atoms with van der Waals surface area (Å²) in [5, 5.41) is 11.9. The molecule has 1 aliphatic heterocycles. The molecule has 2 aromatic heterocycles. The van der Waals surface area contributed by atoms with Crippen LogP contribution in [0.2, 0.25) is 5.02 Å². The summed E-state index contributed by atoms with van der Waals surface area (Å²) in [4.78, 5) is 6.62. The normalized spacial score (nSPS) is 17.7. The zero-order valence-corrected chi connectivity index (χ0v) is 15.8. The fraction of sp³-hybridized carbons (Fsp3) is 0.263. The Balaban J connectivity index is 0.00000196. The number of rotatable bonds is 4. The molecular formula is C19H21Cl2N5. The lowest BCUT2D eigenvalue weighted by Gasteiger charge is -2.36. The van der Waals surface area contributed by atoms with Crippen LogP contribution in [-0.2, 0) is 6.54 Å². The molecule has 0 amide bonds. The molecule has 1 saturated heterocycles. The topological polar surface area (TPSA) is 56.8 Å². The Hall–Kier alpha value is -1.92. The van der Waals surface area contributed by atoms with E-state index in [2.05, 4.69) is 43.6 Å². The third-order valence-electron chi connectivity index (χ3n) is 4.55. The minimum Gasteiger partial charge on any atom is -0.314 e. The van der Waals surface area contributed by atoms with Crippen LogP contribution < -0.4 is 5.32 Å².